The highest BCUT2D eigenvalue weighted by molar-refractivity contribution is 7.10. The van der Waals surface area contributed by atoms with Gasteiger partial charge in [0.05, 0.1) is 0 Å². The summed E-state index contributed by atoms with van der Waals surface area (Å²) in [5.41, 5.74) is 0. The van der Waals surface area contributed by atoms with Gasteiger partial charge >= 0.3 is 0 Å². The third kappa shape index (κ3) is 2.37. The van der Waals surface area contributed by atoms with E-state index in [1.54, 1.807) is 11.3 Å². The van der Waals surface area contributed by atoms with Gasteiger partial charge in [0.2, 0.25) is 0 Å². The monoisotopic (exact) mass is 170 g/mol. The lowest BCUT2D eigenvalue weighted by Crippen LogP contribution is -1.94. The zero-order valence-corrected chi connectivity index (χ0v) is 7.14. The highest BCUT2D eigenvalue weighted by atomic mass is 32.1. The maximum atomic E-state index is 4.93. The van der Waals surface area contributed by atoms with E-state index in [0.717, 1.165) is 4.88 Å². The summed E-state index contributed by atoms with van der Waals surface area (Å²) in [6, 6.07) is 3.98. The van der Waals surface area contributed by atoms with Crippen LogP contribution in [-0.4, -0.2) is 0 Å². The van der Waals surface area contributed by atoms with Crippen molar-refractivity contribution in [3.63, 3.8) is 0 Å². The Bertz CT molecular complexity index is 206. The summed E-state index contributed by atoms with van der Waals surface area (Å²) in [5, 5.41) is 2.00. The first-order valence-corrected chi connectivity index (χ1v) is 4.19. The average Bonchev–Trinajstić information content (AvgIpc) is 2.52. The fraction of sp³-hybridized carbons (Fsp3) is 0.250. The molecule has 1 aromatic rings. The van der Waals surface area contributed by atoms with Crippen molar-refractivity contribution in [1.29, 1.82) is 0 Å². The molecule has 0 amide bonds. The van der Waals surface area contributed by atoms with Crippen molar-refractivity contribution in [1.82, 2.24) is 0 Å². The molecule has 0 aromatic carbocycles. The molecule has 0 aliphatic carbocycles. The van der Waals surface area contributed by atoms with Crippen LogP contribution in [-0.2, 0) is 9.78 Å². The van der Waals surface area contributed by atoms with Gasteiger partial charge in [-0.2, -0.15) is 4.89 Å². The minimum absolute atomic E-state index is 0.0204. The topological polar surface area (TPSA) is 18.5 Å². The third-order valence-corrected chi connectivity index (χ3v) is 2.25. The van der Waals surface area contributed by atoms with E-state index in [1.165, 1.54) is 6.26 Å². The number of hydrogen-bond donors (Lipinski definition) is 0. The van der Waals surface area contributed by atoms with E-state index in [-0.39, 0.29) is 6.10 Å². The first-order chi connectivity index (χ1) is 5.34. The average molecular weight is 170 g/mol. The lowest BCUT2D eigenvalue weighted by atomic mass is 10.3. The minimum Gasteiger partial charge on any atom is -0.345 e. The fourth-order valence-electron chi connectivity index (χ4n) is 0.693. The Balaban J connectivity index is 2.42. The summed E-state index contributed by atoms with van der Waals surface area (Å²) in [6.45, 7) is 5.30. The van der Waals surface area contributed by atoms with E-state index in [4.69, 9.17) is 4.89 Å². The second-order valence-electron chi connectivity index (χ2n) is 2.02. The second kappa shape index (κ2) is 4.16. The van der Waals surface area contributed by atoms with Crippen molar-refractivity contribution in [3.05, 3.63) is 35.2 Å². The van der Waals surface area contributed by atoms with Crippen LogP contribution in [0.15, 0.2) is 30.4 Å². The molecule has 3 heteroatoms. The van der Waals surface area contributed by atoms with Gasteiger partial charge in [0, 0.05) is 4.88 Å². The van der Waals surface area contributed by atoms with Gasteiger partial charge in [0.1, 0.15) is 12.4 Å². The van der Waals surface area contributed by atoms with Crippen LogP contribution < -0.4 is 0 Å². The van der Waals surface area contributed by atoms with Gasteiger partial charge in [0.25, 0.3) is 0 Å². The summed E-state index contributed by atoms with van der Waals surface area (Å²) in [6.07, 6.45) is 1.25. The van der Waals surface area contributed by atoms with E-state index in [0.29, 0.717) is 0 Å². The van der Waals surface area contributed by atoms with E-state index >= 15 is 0 Å². The predicted octanol–water partition coefficient (Wildman–Crippen LogP) is 2.90. The second-order valence-corrected chi connectivity index (χ2v) is 3.00. The molecule has 60 valence electrons. The summed E-state index contributed by atoms with van der Waals surface area (Å²) in [7, 11) is 0. The maximum absolute atomic E-state index is 4.93. The van der Waals surface area contributed by atoms with Crippen molar-refractivity contribution in [2.45, 2.75) is 13.0 Å². The van der Waals surface area contributed by atoms with E-state index in [9.17, 15) is 0 Å². The fourth-order valence-corrected chi connectivity index (χ4v) is 1.39. The van der Waals surface area contributed by atoms with Gasteiger partial charge in [-0.05, 0) is 18.4 Å². The molecule has 0 N–H and O–H groups in total. The molecule has 0 aliphatic heterocycles. The standard InChI is InChI=1S/C8H10O2S/c1-3-9-10-7(2)8-5-4-6-11-8/h3-7H,1H2,2H3. The lowest BCUT2D eigenvalue weighted by Gasteiger charge is -2.06. The molecular weight excluding hydrogens is 160 g/mol. The highest BCUT2D eigenvalue weighted by Crippen LogP contribution is 2.21. The van der Waals surface area contributed by atoms with Crippen molar-refractivity contribution in [2.24, 2.45) is 0 Å². The summed E-state index contributed by atoms with van der Waals surface area (Å²) in [5.74, 6) is 0. The molecule has 0 fully saturated rings. The summed E-state index contributed by atoms with van der Waals surface area (Å²) >= 11 is 1.64. The first-order valence-electron chi connectivity index (χ1n) is 3.31. The molecule has 0 saturated carbocycles. The van der Waals surface area contributed by atoms with E-state index in [2.05, 4.69) is 11.5 Å². The first kappa shape index (κ1) is 8.30. The Morgan fingerprint density at radius 2 is 2.55 bits per heavy atom. The zero-order valence-electron chi connectivity index (χ0n) is 6.32. The molecule has 0 aliphatic rings. The lowest BCUT2D eigenvalue weighted by molar-refractivity contribution is -0.280. The molecular formula is C8H10O2S. The van der Waals surface area contributed by atoms with Gasteiger partial charge in [-0.15, -0.1) is 11.3 Å². The van der Waals surface area contributed by atoms with Crippen molar-refractivity contribution >= 4 is 11.3 Å². The maximum Gasteiger partial charge on any atom is 0.136 e. The molecule has 11 heavy (non-hydrogen) atoms. The number of hydrogen-bond acceptors (Lipinski definition) is 3. The Morgan fingerprint density at radius 1 is 1.73 bits per heavy atom. The largest absolute Gasteiger partial charge is 0.345 e. The van der Waals surface area contributed by atoms with Crippen LogP contribution in [0.3, 0.4) is 0 Å². The Hall–Kier alpha value is -0.800. The van der Waals surface area contributed by atoms with Crippen LogP contribution in [0, 0.1) is 0 Å². The zero-order chi connectivity index (χ0) is 8.10. The van der Waals surface area contributed by atoms with Gasteiger partial charge in [0.15, 0.2) is 0 Å². The SMILES string of the molecule is C=COOC(C)c1cccs1. The molecule has 0 saturated heterocycles. The molecule has 1 rings (SSSR count). The molecule has 2 nitrogen and oxygen atoms in total. The van der Waals surface area contributed by atoms with Gasteiger partial charge in [-0.1, -0.05) is 12.6 Å². The molecule has 0 bridgehead atoms. The van der Waals surface area contributed by atoms with Crippen LogP contribution >= 0.6 is 11.3 Å². The Labute approximate surface area is 70.0 Å². The third-order valence-electron chi connectivity index (χ3n) is 1.21. The quantitative estimate of drug-likeness (QED) is 0.393. The molecule has 1 heterocycles. The van der Waals surface area contributed by atoms with Gasteiger partial charge < -0.3 is 4.89 Å². The molecule has 0 spiro atoms. The molecule has 1 unspecified atom stereocenters. The molecule has 1 aromatic heterocycles. The number of thiophene rings is 1. The minimum atomic E-state index is -0.0204. The number of rotatable bonds is 4. The normalized spacial score (nSPS) is 12.5. The van der Waals surface area contributed by atoms with Gasteiger partial charge in [-0.25, -0.2) is 0 Å². The van der Waals surface area contributed by atoms with Crippen molar-refractivity contribution < 1.29 is 9.78 Å². The smallest absolute Gasteiger partial charge is 0.136 e. The Kier molecular flexibility index (Phi) is 3.14. The van der Waals surface area contributed by atoms with Crippen LogP contribution in [0.25, 0.3) is 0 Å². The Morgan fingerprint density at radius 3 is 3.09 bits per heavy atom. The highest BCUT2D eigenvalue weighted by Gasteiger charge is 2.06. The van der Waals surface area contributed by atoms with Crippen LogP contribution in [0.4, 0.5) is 0 Å². The van der Waals surface area contributed by atoms with Crippen LogP contribution in [0.1, 0.15) is 17.9 Å². The van der Waals surface area contributed by atoms with Gasteiger partial charge in [-0.3, -0.25) is 0 Å². The van der Waals surface area contributed by atoms with Crippen LogP contribution in [0.5, 0.6) is 0 Å². The molecule has 0 radical (unpaired) electrons. The van der Waals surface area contributed by atoms with Crippen LogP contribution in [0.2, 0.25) is 0 Å². The van der Waals surface area contributed by atoms with Crippen molar-refractivity contribution in [2.75, 3.05) is 0 Å². The predicted molar refractivity (Wildman–Crippen MR) is 45.1 cm³/mol. The van der Waals surface area contributed by atoms with Crippen molar-refractivity contribution in [3.8, 4) is 0 Å². The summed E-state index contributed by atoms with van der Waals surface area (Å²) in [4.78, 5) is 10.7. The molecule has 1 atom stereocenters. The van der Waals surface area contributed by atoms with E-state index < -0.39 is 0 Å². The van der Waals surface area contributed by atoms with E-state index in [1.807, 2.05) is 24.4 Å². The summed E-state index contributed by atoms with van der Waals surface area (Å²) < 4.78 is 0.